The molecule has 0 amide bonds. The number of aromatic nitrogens is 2. The Hall–Kier alpha value is -2.21. The minimum absolute atomic E-state index is 0.0509. The molecular formula is C21H26FN3O2. The Bertz CT molecular complexity index is 848. The molecule has 4 heterocycles. The fourth-order valence-electron chi connectivity index (χ4n) is 4.06. The zero-order valence-corrected chi connectivity index (χ0v) is 16.4. The normalized spacial score (nSPS) is 21.1. The average molecular weight is 371 g/mol. The summed E-state index contributed by atoms with van der Waals surface area (Å²) in [6.07, 6.45) is 1.65. The van der Waals surface area contributed by atoms with E-state index in [4.69, 9.17) is 9.47 Å². The van der Waals surface area contributed by atoms with Crippen LogP contribution in [0, 0.1) is 19.7 Å². The highest BCUT2D eigenvalue weighted by Crippen LogP contribution is 2.34. The minimum atomic E-state index is -0.250. The van der Waals surface area contributed by atoms with E-state index in [1.165, 1.54) is 0 Å². The van der Waals surface area contributed by atoms with Crippen LogP contribution in [-0.2, 0) is 13.0 Å². The second-order valence-corrected chi connectivity index (χ2v) is 8.20. The Kier molecular flexibility index (Phi) is 4.54. The molecule has 0 N–H and O–H groups in total. The van der Waals surface area contributed by atoms with Crippen LogP contribution in [0.5, 0.6) is 11.6 Å². The SMILES string of the molecule is Cc1cc(O[C@H]2CN(Cc3nc4c(cc3F)CCO4)C(C)(C)C2)cc(C)n1. The predicted molar refractivity (Wildman–Crippen MR) is 101 cm³/mol. The van der Waals surface area contributed by atoms with Gasteiger partial charge >= 0.3 is 0 Å². The quantitative estimate of drug-likeness (QED) is 0.822. The third-order valence-electron chi connectivity index (χ3n) is 5.40. The van der Waals surface area contributed by atoms with Crippen LogP contribution in [0.25, 0.3) is 0 Å². The van der Waals surface area contributed by atoms with Crippen molar-refractivity contribution >= 4 is 0 Å². The van der Waals surface area contributed by atoms with E-state index in [2.05, 4.69) is 28.7 Å². The first-order valence-corrected chi connectivity index (χ1v) is 9.48. The summed E-state index contributed by atoms with van der Waals surface area (Å²) in [6, 6.07) is 5.49. The lowest BCUT2D eigenvalue weighted by Crippen LogP contribution is -2.38. The molecule has 0 unspecified atom stereocenters. The summed E-state index contributed by atoms with van der Waals surface area (Å²) >= 11 is 0. The number of pyridine rings is 2. The molecule has 1 saturated heterocycles. The van der Waals surface area contributed by atoms with E-state index in [0.29, 0.717) is 24.7 Å². The van der Waals surface area contributed by atoms with Gasteiger partial charge in [0.25, 0.3) is 0 Å². The van der Waals surface area contributed by atoms with E-state index < -0.39 is 0 Å². The molecule has 1 fully saturated rings. The van der Waals surface area contributed by atoms with Gasteiger partial charge in [0, 0.05) is 60.6 Å². The Morgan fingerprint density at radius 3 is 2.70 bits per heavy atom. The van der Waals surface area contributed by atoms with Gasteiger partial charge in [-0.15, -0.1) is 0 Å². The number of nitrogens with zero attached hydrogens (tertiary/aromatic N) is 3. The minimum Gasteiger partial charge on any atom is -0.489 e. The van der Waals surface area contributed by atoms with E-state index in [0.717, 1.165) is 42.1 Å². The Morgan fingerprint density at radius 2 is 1.96 bits per heavy atom. The largest absolute Gasteiger partial charge is 0.489 e. The van der Waals surface area contributed by atoms with E-state index >= 15 is 0 Å². The lowest BCUT2D eigenvalue weighted by molar-refractivity contribution is 0.157. The van der Waals surface area contributed by atoms with Crippen molar-refractivity contribution in [2.45, 2.75) is 58.7 Å². The smallest absolute Gasteiger partial charge is 0.217 e. The monoisotopic (exact) mass is 371 g/mol. The van der Waals surface area contributed by atoms with Crippen molar-refractivity contribution in [3.05, 3.63) is 46.7 Å². The maximum Gasteiger partial charge on any atom is 0.217 e. The number of likely N-dealkylation sites (tertiary alicyclic amines) is 1. The van der Waals surface area contributed by atoms with Crippen LogP contribution < -0.4 is 9.47 Å². The molecule has 27 heavy (non-hydrogen) atoms. The molecule has 0 spiro atoms. The molecule has 1 atom stereocenters. The third kappa shape index (κ3) is 3.76. The van der Waals surface area contributed by atoms with Gasteiger partial charge < -0.3 is 9.47 Å². The van der Waals surface area contributed by atoms with Crippen molar-refractivity contribution in [3.63, 3.8) is 0 Å². The molecule has 0 aliphatic carbocycles. The molecule has 0 bridgehead atoms. The molecule has 2 aliphatic rings. The first kappa shape index (κ1) is 18.2. The van der Waals surface area contributed by atoms with Gasteiger partial charge in [0.1, 0.15) is 17.7 Å². The second kappa shape index (κ2) is 6.75. The summed E-state index contributed by atoms with van der Waals surface area (Å²) in [5, 5.41) is 0. The highest BCUT2D eigenvalue weighted by Gasteiger charge is 2.40. The summed E-state index contributed by atoms with van der Waals surface area (Å²) in [5.41, 5.74) is 3.10. The molecular weight excluding hydrogens is 345 g/mol. The van der Waals surface area contributed by atoms with Gasteiger partial charge in [0.05, 0.1) is 12.3 Å². The van der Waals surface area contributed by atoms with Gasteiger partial charge in [-0.25, -0.2) is 9.37 Å². The highest BCUT2D eigenvalue weighted by molar-refractivity contribution is 5.32. The van der Waals surface area contributed by atoms with Gasteiger partial charge in [0.15, 0.2) is 0 Å². The first-order chi connectivity index (χ1) is 12.8. The lowest BCUT2D eigenvalue weighted by atomic mass is 10.0. The van der Waals surface area contributed by atoms with Gasteiger partial charge in [-0.2, -0.15) is 0 Å². The summed E-state index contributed by atoms with van der Waals surface area (Å²) in [4.78, 5) is 11.1. The lowest BCUT2D eigenvalue weighted by Gasteiger charge is -2.30. The zero-order chi connectivity index (χ0) is 19.2. The van der Waals surface area contributed by atoms with Crippen LogP contribution in [-0.4, -0.2) is 39.7 Å². The summed E-state index contributed by atoms with van der Waals surface area (Å²) in [6.45, 7) is 10.0. The highest BCUT2D eigenvalue weighted by atomic mass is 19.1. The van der Waals surface area contributed by atoms with Crippen molar-refractivity contribution in [1.82, 2.24) is 14.9 Å². The van der Waals surface area contributed by atoms with Crippen molar-refractivity contribution < 1.29 is 13.9 Å². The number of fused-ring (bicyclic) bond motifs is 1. The number of aryl methyl sites for hydroxylation is 2. The number of halogens is 1. The topological polar surface area (TPSA) is 47.5 Å². The fraction of sp³-hybridized carbons (Fsp3) is 0.524. The molecule has 2 aliphatic heterocycles. The van der Waals surface area contributed by atoms with Gasteiger partial charge in [-0.1, -0.05) is 0 Å². The maximum absolute atomic E-state index is 14.5. The van der Waals surface area contributed by atoms with Crippen molar-refractivity contribution in [2.75, 3.05) is 13.2 Å². The molecule has 0 aromatic carbocycles. The fourth-order valence-corrected chi connectivity index (χ4v) is 4.06. The maximum atomic E-state index is 14.5. The molecule has 5 nitrogen and oxygen atoms in total. The predicted octanol–water partition coefficient (Wildman–Crippen LogP) is 3.60. The van der Waals surface area contributed by atoms with Crippen LogP contribution in [0.15, 0.2) is 18.2 Å². The second-order valence-electron chi connectivity index (χ2n) is 8.20. The molecule has 2 aromatic heterocycles. The number of hydrogen-bond acceptors (Lipinski definition) is 5. The van der Waals surface area contributed by atoms with Crippen LogP contribution in [0.3, 0.4) is 0 Å². The summed E-state index contributed by atoms with van der Waals surface area (Å²) in [7, 11) is 0. The van der Waals surface area contributed by atoms with Crippen LogP contribution >= 0.6 is 0 Å². The van der Waals surface area contributed by atoms with E-state index in [9.17, 15) is 4.39 Å². The van der Waals surface area contributed by atoms with E-state index in [1.807, 2.05) is 26.0 Å². The van der Waals surface area contributed by atoms with Crippen LogP contribution in [0.2, 0.25) is 0 Å². The van der Waals surface area contributed by atoms with Gasteiger partial charge in [-0.3, -0.25) is 9.88 Å². The Balaban J connectivity index is 1.49. The van der Waals surface area contributed by atoms with Crippen molar-refractivity contribution in [2.24, 2.45) is 0 Å². The standard InChI is InChI=1S/C21H26FN3O2/c1-13-7-16(8-14(2)23-13)27-17-10-21(3,4)25(11-17)12-19-18(22)9-15-5-6-26-20(15)24-19/h7-9,17H,5-6,10-12H2,1-4H3/t17-/m1/s1. The van der Waals surface area contributed by atoms with Gasteiger partial charge in [-0.05, 0) is 33.8 Å². The van der Waals surface area contributed by atoms with Crippen LogP contribution in [0.4, 0.5) is 4.39 Å². The number of hydrogen-bond donors (Lipinski definition) is 0. The van der Waals surface area contributed by atoms with Crippen molar-refractivity contribution in [3.8, 4) is 11.6 Å². The number of rotatable bonds is 4. The average Bonchev–Trinajstić information content (AvgIpc) is 3.10. The molecule has 0 saturated carbocycles. The van der Waals surface area contributed by atoms with E-state index in [1.54, 1.807) is 6.07 Å². The van der Waals surface area contributed by atoms with Gasteiger partial charge in [0.2, 0.25) is 5.88 Å². The molecule has 4 rings (SSSR count). The Labute approximate surface area is 159 Å². The molecule has 6 heteroatoms. The van der Waals surface area contributed by atoms with Crippen LogP contribution in [0.1, 0.15) is 42.9 Å². The zero-order valence-electron chi connectivity index (χ0n) is 16.4. The summed E-state index contributed by atoms with van der Waals surface area (Å²) in [5.74, 6) is 1.18. The number of ether oxygens (including phenoxy) is 2. The van der Waals surface area contributed by atoms with E-state index in [-0.39, 0.29) is 17.5 Å². The molecule has 144 valence electrons. The van der Waals surface area contributed by atoms with Crippen molar-refractivity contribution in [1.29, 1.82) is 0 Å². The molecule has 0 radical (unpaired) electrons. The first-order valence-electron chi connectivity index (χ1n) is 9.48. The Morgan fingerprint density at radius 1 is 1.22 bits per heavy atom. The molecule has 2 aromatic rings. The summed E-state index contributed by atoms with van der Waals surface area (Å²) < 4.78 is 26.2. The third-order valence-corrected chi connectivity index (χ3v) is 5.40.